The lowest BCUT2D eigenvalue weighted by molar-refractivity contribution is 0.00728. The monoisotopic (exact) mass is 250 g/mol. The first kappa shape index (κ1) is 12.2. The van der Waals surface area contributed by atoms with Crippen molar-refractivity contribution in [3.8, 4) is 0 Å². The Labute approximate surface area is 103 Å². The molecule has 0 aliphatic carbocycles. The van der Waals surface area contributed by atoms with Crippen LogP contribution in [0.3, 0.4) is 0 Å². The summed E-state index contributed by atoms with van der Waals surface area (Å²) >= 11 is 0. The molecule has 0 fully saturated rings. The first-order valence-electron chi connectivity index (χ1n) is 5.38. The highest BCUT2D eigenvalue weighted by Crippen LogP contribution is 2.19. The Kier molecular flexibility index (Phi) is 2.61. The summed E-state index contributed by atoms with van der Waals surface area (Å²) in [6.07, 6.45) is 1.43. The van der Waals surface area contributed by atoms with Crippen LogP contribution >= 0.6 is 0 Å². The lowest BCUT2D eigenvalue weighted by Gasteiger charge is -2.19. The molecule has 2 aromatic rings. The van der Waals surface area contributed by atoms with E-state index in [0.29, 0.717) is 0 Å². The van der Waals surface area contributed by atoms with Crippen LogP contribution in [0, 0.1) is 0 Å². The molecule has 0 aliphatic heterocycles. The van der Waals surface area contributed by atoms with Crippen molar-refractivity contribution in [1.82, 2.24) is 14.6 Å². The second-order valence-electron chi connectivity index (χ2n) is 4.86. The van der Waals surface area contributed by atoms with Crippen LogP contribution in [-0.4, -0.2) is 26.2 Å². The molecule has 96 valence electrons. The number of esters is 1. The van der Waals surface area contributed by atoms with Crippen molar-refractivity contribution in [2.75, 3.05) is 5.73 Å². The van der Waals surface area contributed by atoms with Gasteiger partial charge in [0.1, 0.15) is 11.2 Å². The Hall–Kier alpha value is -2.31. The molecule has 0 saturated carbocycles. The van der Waals surface area contributed by atoms with Crippen LogP contribution in [0.4, 0.5) is 5.82 Å². The number of H-pyrrole nitrogens is 1. The number of ether oxygens (including phenoxy) is 1. The van der Waals surface area contributed by atoms with Crippen LogP contribution in [-0.2, 0) is 4.74 Å². The lowest BCUT2D eigenvalue weighted by Crippen LogP contribution is -2.24. The van der Waals surface area contributed by atoms with E-state index in [2.05, 4.69) is 10.1 Å². The molecule has 3 N–H and O–H groups in total. The van der Waals surface area contributed by atoms with Crippen molar-refractivity contribution >= 4 is 17.4 Å². The van der Waals surface area contributed by atoms with Gasteiger partial charge in [-0.3, -0.25) is 4.79 Å². The van der Waals surface area contributed by atoms with Gasteiger partial charge in [-0.25, -0.2) is 9.31 Å². The van der Waals surface area contributed by atoms with Crippen molar-refractivity contribution in [2.24, 2.45) is 0 Å². The van der Waals surface area contributed by atoms with E-state index in [4.69, 9.17) is 10.5 Å². The number of fused-ring (bicyclic) bond motifs is 1. The van der Waals surface area contributed by atoms with Crippen molar-refractivity contribution in [3.05, 3.63) is 28.2 Å². The fourth-order valence-corrected chi connectivity index (χ4v) is 1.51. The molecule has 0 atom stereocenters. The molecule has 0 aromatic carbocycles. The van der Waals surface area contributed by atoms with Gasteiger partial charge in [-0.2, -0.15) is 0 Å². The number of rotatable bonds is 1. The largest absolute Gasteiger partial charge is 0.456 e. The quantitative estimate of drug-likeness (QED) is 0.720. The average Bonchev–Trinajstić information content (AvgIpc) is 2.50. The molecule has 0 saturated heterocycles. The summed E-state index contributed by atoms with van der Waals surface area (Å²) in [4.78, 5) is 25.8. The number of aromatic amines is 1. The molecule has 2 rings (SSSR count). The number of nitrogens with one attached hydrogen (secondary N) is 1. The summed E-state index contributed by atoms with van der Waals surface area (Å²) in [5.41, 5.74) is 4.98. The summed E-state index contributed by atoms with van der Waals surface area (Å²) in [6.45, 7) is 5.24. The molecule has 0 aliphatic rings. The van der Waals surface area contributed by atoms with Crippen molar-refractivity contribution in [3.63, 3.8) is 0 Å². The molecular weight excluding hydrogens is 236 g/mol. The summed E-state index contributed by atoms with van der Waals surface area (Å²) < 4.78 is 6.55. The van der Waals surface area contributed by atoms with Gasteiger partial charge < -0.3 is 15.5 Å². The molecule has 0 spiro atoms. The number of anilines is 1. The normalized spacial score (nSPS) is 11.7. The van der Waals surface area contributed by atoms with Gasteiger partial charge in [0.2, 0.25) is 0 Å². The smallest absolute Gasteiger partial charge is 0.346 e. The third-order valence-electron chi connectivity index (χ3n) is 2.15. The number of nitrogen functional groups attached to an aromatic ring is 1. The standard InChI is InChI=1S/C11H14N4O3/c1-11(2,3)18-10(17)7-8(12)14-15-5-4-6(16)13-9(7)15/h4-5H,1-3H3,(H2,12,14)(H,13,16). The van der Waals surface area contributed by atoms with Gasteiger partial charge in [0.05, 0.1) is 0 Å². The van der Waals surface area contributed by atoms with E-state index in [-0.39, 0.29) is 22.6 Å². The highest BCUT2D eigenvalue weighted by Gasteiger charge is 2.24. The lowest BCUT2D eigenvalue weighted by atomic mass is 10.2. The second kappa shape index (κ2) is 3.86. The molecule has 0 bridgehead atoms. The average molecular weight is 250 g/mol. The number of nitrogens with zero attached hydrogens (tertiary/aromatic N) is 2. The van der Waals surface area contributed by atoms with E-state index in [1.165, 1.54) is 16.8 Å². The molecular formula is C11H14N4O3. The third-order valence-corrected chi connectivity index (χ3v) is 2.15. The van der Waals surface area contributed by atoms with Crippen molar-refractivity contribution in [1.29, 1.82) is 0 Å². The first-order chi connectivity index (χ1) is 8.28. The molecule has 7 nitrogen and oxygen atoms in total. The van der Waals surface area contributed by atoms with Gasteiger partial charge in [0.25, 0.3) is 5.56 Å². The highest BCUT2D eigenvalue weighted by atomic mass is 16.6. The van der Waals surface area contributed by atoms with Crippen molar-refractivity contribution < 1.29 is 9.53 Å². The van der Waals surface area contributed by atoms with E-state index < -0.39 is 11.6 Å². The minimum Gasteiger partial charge on any atom is -0.456 e. The molecule has 0 unspecified atom stereocenters. The maximum Gasteiger partial charge on any atom is 0.346 e. The van der Waals surface area contributed by atoms with Crippen LogP contribution < -0.4 is 11.3 Å². The van der Waals surface area contributed by atoms with E-state index in [0.717, 1.165) is 0 Å². The number of aromatic nitrogens is 3. The van der Waals surface area contributed by atoms with Crippen LogP contribution in [0.5, 0.6) is 0 Å². The summed E-state index contributed by atoms with van der Waals surface area (Å²) in [5, 5.41) is 3.93. The second-order valence-corrected chi connectivity index (χ2v) is 4.86. The predicted molar refractivity (Wildman–Crippen MR) is 65.4 cm³/mol. The van der Waals surface area contributed by atoms with Gasteiger partial charge in [-0.1, -0.05) is 0 Å². The Morgan fingerprint density at radius 3 is 2.78 bits per heavy atom. The molecule has 18 heavy (non-hydrogen) atoms. The minimum atomic E-state index is -0.646. The third kappa shape index (κ3) is 2.20. The van der Waals surface area contributed by atoms with Crippen molar-refractivity contribution in [2.45, 2.75) is 26.4 Å². The Balaban J connectivity index is 2.56. The molecule has 0 radical (unpaired) electrons. The minimum absolute atomic E-state index is 0.0195. The van der Waals surface area contributed by atoms with Gasteiger partial charge in [-0.15, -0.1) is 5.10 Å². The first-order valence-corrected chi connectivity index (χ1v) is 5.38. The fourth-order valence-electron chi connectivity index (χ4n) is 1.51. The van der Waals surface area contributed by atoms with Gasteiger partial charge in [-0.05, 0) is 20.8 Å². The van der Waals surface area contributed by atoms with E-state index in [1.807, 2.05) is 0 Å². The number of hydrogen-bond donors (Lipinski definition) is 2. The summed E-state index contributed by atoms with van der Waals surface area (Å²) in [6, 6.07) is 1.29. The summed E-state index contributed by atoms with van der Waals surface area (Å²) in [7, 11) is 0. The molecule has 2 aromatic heterocycles. The fraction of sp³-hybridized carbons (Fsp3) is 0.364. The highest BCUT2D eigenvalue weighted by molar-refractivity contribution is 6.00. The van der Waals surface area contributed by atoms with Crippen LogP contribution in [0.1, 0.15) is 31.1 Å². The van der Waals surface area contributed by atoms with E-state index in [9.17, 15) is 9.59 Å². The van der Waals surface area contributed by atoms with E-state index >= 15 is 0 Å². The topological polar surface area (TPSA) is 102 Å². The van der Waals surface area contributed by atoms with Gasteiger partial charge >= 0.3 is 5.97 Å². The Morgan fingerprint density at radius 1 is 1.50 bits per heavy atom. The number of carbonyl (C=O) groups excluding carboxylic acids is 1. The summed E-state index contributed by atoms with van der Waals surface area (Å²) in [5.74, 6) is -0.594. The molecule has 7 heteroatoms. The zero-order valence-corrected chi connectivity index (χ0v) is 10.4. The zero-order valence-electron chi connectivity index (χ0n) is 10.4. The van der Waals surface area contributed by atoms with Crippen LogP contribution in [0.25, 0.3) is 5.65 Å². The van der Waals surface area contributed by atoms with Gasteiger partial charge in [0, 0.05) is 12.3 Å². The number of nitrogens with two attached hydrogens (primary N) is 1. The molecule has 0 amide bonds. The molecule has 2 heterocycles. The Bertz CT molecular complexity index is 663. The maximum atomic E-state index is 12.0. The predicted octanol–water partition coefficient (Wildman–Crippen LogP) is 0.560. The maximum absolute atomic E-state index is 12.0. The Morgan fingerprint density at radius 2 is 2.17 bits per heavy atom. The van der Waals surface area contributed by atoms with Gasteiger partial charge in [0.15, 0.2) is 11.5 Å². The van der Waals surface area contributed by atoms with Crippen LogP contribution in [0.15, 0.2) is 17.1 Å². The number of carbonyl (C=O) groups is 1. The zero-order chi connectivity index (χ0) is 13.5. The SMILES string of the molecule is CC(C)(C)OC(=O)c1c(N)nn2ccc(=O)[nH]c12. The van der Waals surface area contributed by atoms with Crippen LogP contribution in [0.2, 0.25) is 0 Å². The number of hydrogen-bond acceptors (Lipinski definition) is 5. The van der Waals surface area contributed by atoms with E-state index in [1.54, 1.807) is 20.8 Å².